The Morgan fingerprint density at radius 3 is 2.79 bits per heavy atom. The van der Waals surface area contributed by atoms with Gasteiger partial charge in [0, 0.05) is 11.9 Å². The minimum Gasteiger partial charge on any atom is -0.344 e. The van der Waals surface area contributed by atoms with Gasteiger partial charge in [-0.3, -0.25) is 4.79 Å². The summed E-state index contributed by atoms with van der Waals surface area (Å²) in [5.41, 5.74) is 3.34. The zero-order chi connectivity index (χ0) is 17.1. The van der Waals surface area contributed by atoms with Gasteiger partial charge < -0.3 is 9.88 Å². The van der Waals surface area contributed by atoms with Crippen LogP contribution in [0.1, 0.15) is 46.2 Å². The lowest BCUT2D eigenvalue weighted by atomic mass is 10.1. The maximum Gasteiger partial charge on any atom is 0.261 e. The van der Waals surface area contributed by atoms with Crippen LogP contribution in [0.3, 0.4) is 0 Å². The fraction of sp³-hybridized carbons (Fsp3) is 0.368. The Morgan fingerprint density at radius 1 is 1.29 bits per heavy atom. The molecule has 0 unspecified atom stereocenters. The average molecular weight is 341 g/mol. The highest BCUT2D eigenvalue weighted by Gasteiger charge is 2.14. The number of nitrogens with one attached hydrogen (secondary N) is 1. The molecule has 3 rings (SSSR count). The Balaban J connectivity index is 1.74. The highest BCUT2D eigenvalue weighted by Crippen LogP contribution is 2.24. The Hall–Kier alpha value is -2.14. The van der Waals surface area contributed by atoms with Gasteiger partial charge in [0.15, 0.2) is 0 Å². The highest BCUT2D eigenvalue weighted by atomic mass is 32.1. The summed E-state index contributed by atoms with van der Waals surface area (Å²) >= 11 is 1.62. The number of para-hydroxylation sites is 2. The molecular formula is C19H23N3OS. The number of amides is 1. The van der Waals surface area contributed by atoms with Crippen LogP contribution >= 0.6 is 11.3 Å². The van der Waals surface area contributed by atoms with Crippen molar-refractivity contribution in [2.24, 2.45) is 7.05 Å². The Morgan fingerprint density at radius 2 is 2.08 bits per heavy atom. The fourth-order valence-electron chi connectivity index (χ4n) is 2.92. The molecule has 0 aliphatic rings. The number of hydrogen-bond acceptors (Lipinski definition) is 3. The van der Waals surface area contributed by atoms with E-state index in [1.807, 2.05) is 41.9 Å². The van der Waals surface area contributed by atoms with E-state index >= 15 is 0 Å². The third-order valence-electron chi connectivity index (χ3n) is 4.27. The second-order valence-electron chi connectivity index (χ2n) is 5.92. The van der Waals surface area contributed by atoms with Gasteiger partial charge in [-0.25, -0.2) is 4.98 Å². The molecule has 1 N–H and O–H groups in total. The molecule has 3 aromatic rings. The fourth-order valence-corrected chi connectivity index (χ4v) is 4.19. The van der Waals surface area contributed by atoms with E-state index in [9.17, 15) is 4.79 Å². The summed E-state index contributed by atoms with van der Waals surface area (Å²) in [4.78, 5) is 19.2. The standard InChI is InChI=1S/C19H23N3OS/c1-4-8-16-13(5-2)11-17(24-16)19(23)20-12-18-21-14-9-6-7-10-15(14)22(18)3/h6-7,9-11H,4-5,8,12H2,1-3H3,(H,20,23). The summed E-state index contributed by atoms with van der Waals surface area (Å²) in [6.45, 7) is 4.75. The van der Waals surface area contributed by atoms with Crippen molar-refractivity contribution in [1.82, 2.24) is 14.9 Å². The Bertz CT molecular complexity index is 863. The second kappa shape index (κ2) is 7.18. The van der Waals surface area contributed by atoms with Crippen LogP contribution in [0, 0.1) is 0 Å². The van der Waals surface area contributed by atoms with Crippen molar-refractivity contribution in [2.75, 3.05) is 0 Å². The second-order valence-corrected chi connectivity index (χ2v) is 7.06. The van der Waals surface area contributed by atoms with Crippen LogP contribution in [0.25, 0.3) is 11.0 Å². The summed E-state index contributed by atoms with van der Waals surface area (Å²) in [5, 5.41) is 3.01. The van der Waals surface area contributed by atoms with Gasteiger partial charge in [0.05, 0.1) is 22.5 Å². The van der Waals surface area contributed by atoms with Gasteiger partial charge in [0.25, 0.3) is 5.91 Å². The van der Waals surface area contributed by atoms with Crippen LogP contribution in [-0.2, 0) is 26.4 Å². The van der Waals surface area contributed by atoms with Crippen LogP contribution in [0.15, 0.2) is 30.3 Å². The van der Waals surface area contributed by atoms with E-state index in [2.05, 4.69) is 24.1 Å². The van der Waals surface area contributed by atoms with Crippen LogP contribution < -0.4 is 5.32 Å². The van der Waals surface area contributed by atoms with E-state index in [1.165, 1.54) is 10.4 Å². The SMILES string of the molecule is CCCc1sc(C(=O)NCc2nc3ccccc3n2C)cc1CC. The molecule has 0 saturated heterocycles. The van der Waals surface area contributed by atoms with Crippen molar-refractivity contribution >= 4 is 28.3 Å². The predicted octanol–water partition coefficient (Wildman–Crippen LogP) is 4.08. The monoisotopic (exact) mass is 341 g/mol. The van der Waals surface area contributed by atoms with Crippen LogP contribution in [0.2, 0.25) is 0 Å². The molecule has 0 spiro atoms. The summed E-state index contributed by atoms with van der Waals surface area (Å²) in [7, 11) is 1.98. The molecule has 2 aromatic heterocycles. The summed E-state index contributed by atoms with van der Waals surface area (Å²) in [6.07, 6.45) is 3.13. The molecule has 1 amide bonds. The maximum atomic E-state index is 12.5. The zero-order valence-electron chi connectivity index (χ0n) is 14.4. The Kier molecular flexibility index (Phi) is 5.00. The molecule has 0 saturated carbocycles. The highest BCUT2D eigenvalue weighted by molar-refractivity contribution is 7.14. The van der Waals surface area contributed by atoms with Gasteiger partial charge in [-0.1, -0.05) is 32.4 Å². The molecule has 0 fully saturated rings. The van der Waals surface area contributed by atoms with Crippen LogP contribution in [-0.4, -0.2) is 15.5 Å². The van der Waals surface area contributed by atoms with Gasteiger partial charge >= 0.3 is 0 Å². The number of aromatic nitrogens is 2. The van der Waals surface area contributed by atoms with Gasteiger partial charge in [0.2, 0.25) is 0 Å². The number of imidazole rings is 1. The van der Waals surface area contributed by atoms with E-state index in [0.29, 0.717) is 6.54 Å². The number of rotatable bonds is 6. The molecule has 2 heterocycles. The van der Waals surface area contributed by atoms with E-state index in [1.54, 1.807) is 11.3 Å². The first-order valence-electron chi connectivity index (χ1n) is 8.44. The number of fused-ring (bicyclic) bond motifs is 1. The van der Waals surface area contributed by atoms with E-state index < -0.39 is 0 Å². The topological polar surface area (TPSA) is 46.9 Å². The molecule has 0 radical (unpaired) electrons. The molecule has 0 atom stereocenters. The lowest BCUT2D eigenvalue weighted by Crippen LogP contribution is -2.23. The van der Waals surface area contributed by atoms with Crippen molar-refractivity contribution in [3.63, 3.8) is 0 Å². The minimum absolute atomic E-state index is 0.0101. The third-order valence-corrected chi connectivity index (χ3v) is 5.50. The van der Waals surface area contributed by atoms with Gasteiger partial charge in [0.1, 0.15) is 5.82 Å². The van der Waals surface area contributed by atoms with Crippen molar-refractivity contribution in [3.05, 3.63) is 51.5 Å². The number of hydrogen-bond donors (Lipinski definition) is 1. The molecule has 1 aromatic carbocycles. The molecular weight excluding hydrogens is 318 g/mol. The van der Waals surface area contributed by atoms with E-state index in [-0.39, 0.29) is 5.91 Å². The normalized spacial score (nSPS) is 11.1. The van der Waals surface area contributed by atoms with Crippen LogP contribution in [0.4, 0.5) is 0 Å². The summed E-state index contributed by atoms with van der Waals surface area (Å²) in [5.74, 6) is 0.856. The average Bonchev–Trinajstić information content (AvgIpc) is 3.15. The summed E-state index contributed by atoms with van der Waals surface area (Å²) in [6, 6.07) is 10.0. The van der Waals surface area contributed by atoms with Crippen molar-refractivity contribution in [3.8, 4) is 0 Å². The molecule has 0 bridgehead atoms. The lowest BCUT2D eigenvalue weighted by molar-refractivity contribution is 0.0953. The first kappa shape index (κ1) is 16.7. The van der Waals surface area contributed by atoms with Crippen molar-refractivity contribution < 1.29 is 4.79 Å². The van der Waals surface area contributed by atoms with Gasteiger partial charge in [-0.2, -0.15) is 0 Å². The summed E-state index contributed by atoms with van der Waals surface area (Å²) < 4.78 is 2.03. The minimum atomic E-state index is -0.0101. The number of benzene rings is 1. The number of aryl methyl sites for hydroxylation is 3. The Labute approximate surface area is 146 Å². The molecule has 24 heavy (non-hydrogen) atoms. The van der Waals surface area contributed by atoms with Gasteiger partial charge in [-0.15, -0.1) is 11.3 Å². The number of thiophene rings is 1. The zero-order valence-corrected chi connectivity index (χ0v) is 15.2. The number of carbonyl (C=O) groups excluding carboxylic acids is 1. The molecule has 0 aliphatic carbocycles. The van der Waals surface area contributed by atoms with E-state index in [4.69, 9.17) is 0 Å². The molecule has 5 heteroatoms. The predicted molar refractivity (Wildman–Crippen MR) is 99.6 cm³/mol. The quantitative estimate of drug-likeness (QED) is 0.734. The van der Waals surface area contributed by atoms with Crippen LogP contribution in [0.5, 0.6) is 0 Å². The van der Waals surface area contributed by atoms with Gasteiger partial charge in [-0.05, 0) is 36.6 Å². The maximum absolute atomic E-state index is 12.5. The lowest BCUT2D eigenvalue weighted by Gasteiger charge is -2.04. The number of carbonyl (C=O) groups is 1. The van der Waals surface area contributed by atoms with Crippen molar-refractivity contribution in [1.29, 1.82) is 0 Å². The number of nitrogens with zero attached hydrogens (tertiary/aromatic N) is 2. The first-order valence-corrected chi connectivity index (χ1v) is 9.25. The largest absolute Gasteiger partial charge is 0.344 e. The molecule has 0 aliphatic heterocycles. The smallest absolute Gasteiger partial charge is 0.261 e. The molecule has 126 valence electrons. The first-order chi connectivity index (χ1) is 11.6. The van der Waals surface area contributed by atoms with Crippen molar-refractivity contribution in [2.45, 2.75) is 39.7 Å². The van der Waals surface area contributed by atoms with E-state index in [0.717, 1.165) is 41.0 Å². The molecule has 4 nitrogen and oxygen atoms in total. The third kappa shape index (κ3) is 3.22.